The molecule has 0 aliphatic rings. The topological polar surface area (TPSA) is 93.6 Å². The molecule has 18 heavy (non-hydrogen) atoms. The highest BCUT2D eigenvalue weighted by Gasteiger charge is 2.13. The molecule has 0 saturated carbocycles. The van der Waals surface area contributed by atoms with Crippen molar-refractivity contribution >= 4 is 5.69 Å². The van der Waals surface area contributed by atoms with Gasteiger partial charge in [0.2, 0.25) is 5.82 Å². The molecule has 2 aromatic heterocycles. The third-order valence-corrected chi connectivity index (χ3v) is 2.38. The van der Waals surface area contributed by atoms with Crippen LogP contribution in [0.25, 0.3) is 23.1 Å². The van der Waals surface area contributed by atoms with Gasteiger partial charge in [0, 0.05) is 18.0 Å². The number of nitrogen functional groups attached to an aromatic ring is 1. The number of nitrogens with two attached hydrogens (primary N) is 1. The monoisotopic (exact) mass is 245 g/mol. The van der Waals surface area contributed by atoms with Crippen LogP contribution in [-0.2, 0) is 0 Å². The van der Waals surface area contributed by atoms with E-state index in [0.717, 1.165) is 0 Å². The molecule has 0 radical (unpaired) electrons. The van der Waals surface area contributed by atoms with Gasteiger partial charge in [-0.05, 0) is 18.2 Å². The highest BCUT2D eigenvalue weighted by atomic mass is 19.1. The molecule has 3 aromatic rings. The molecule has 0 aliphatic heterocycles. The van der Waals surface area contributed by atoms with Gasteiger partial charge in [-0.25, -0.2) is 9.37 Å². The van der Waals surface area contributed by atoms with Crippen molar-refractivity contribution in [1.82, 2.24) is 20.1 Å². The SMILES string of the molecule is Nc1ccc(-c2nc(-c3ncc[nH]3)no2)cc1F. The van der Waals surface area contributed by atoms with Crippen LogP contribution in [0.15, 0.2) is 35.1 Å². The molecule has 0 unspecified atom stereocenters. The zero-order valence-electron chi connectivity index (χ0n) is 9.09. The number of anilines is 1. The number of nitrogens with zero attached hydrogens (tertiary/aromatic N) is 3. The van der Waals surface area contributed by atoms with Crippen LogP contribution in [0, 0.1) is 5.82 Å². The molecule has 0 saturated heterocycles. The van der Waals surface area contributed by atoms with Crippen LogP contribution < -0.4 is 5.73 Å². The van der Waals surface area contributed by atoms with E-state index >= 15 is 0 Å². The Morgan fingerprint density at radius 1 is 1.33 bits per heavy atom. The van der Waals surface area contributed by atoms with E-state index in [4.69, 9.17) is 10.3 Å². The predicted octanol–water partition coefficient (Wildman–Crippen LogP) is 1.85. The summed E-state index contributed by atoms with van der Waals surface area (Å²) in [5.74, 6) is 0.485. The molecule has 0 amide bonds. The predicted molar refractivity (Wildman–Crippen MR) is 61.7 cm³/mol. The molecule has 0 spiro atoms. The van der Waals surface area contributed by atoms with Gasteiger partial charge in [-0.15, -0.1) is 0 Å². The van der Waals surface area contributed by atoms with Crippen LogP contribution in [0.4, 0.5) is 10.1 Å². The van der Waals surface area contributed by atoms with Gasteiger partial charge in [0.25, 0.3) is 5.89 Å². The number of halogens is 1. The van der Waals surface area contributed by atoms with E-state index in [-0.39, 0.29) is 11.6 Å². The number of H-pyrrole nitrogens is 1. The molecule has 0 fully saturated rings. The first kappa shape index (κ1) is 10.5. The first-order chi connectivity index (χ1) is 8.74. The Labute approximate surface area is 101 Å². The summed E-state index contributed by atoms with van der Waals surface area (Å²) in [6.45, 7) is 0. The van der Waals surface area contributed by atoms with Crippen LogP contribution in [0.3, 0.4) is 0 Å². The van der Waals surface area contributed by atoms with Gasteiger partial charge >= 0.3 is 0 Å². The summed E-state index contributed by atoms with van der Waals surface area (Å²) < 4.78 is 18.4. The lowest BCUT2D eigenvalue weighted by atomic mass is 10.2. The van der Waals surface area contributed by atoms with Crippen LogP contribution in [0.2, 0.25) is 0 Å². The summed E-state index contributed by atoms with van der Waals surface area (Å²) in [6, 6.07) is 4.30. The van der Waals surface area contributed by atoms with Gasteiger partial charge in [0.05, 0.1) is 5.69 Å². The van der Waals surface area contributed by atoms with Crippen molar-refractivity contribution in [2.75, 3.05) is 5.73 Å². The minimum Gasteiger partial charge on any atom is -0.396 e. The number of benzene rings is 1. The average molecular weight is 245 g/mol. The standard InChI is InChI=1S/C11H8FN5O/c12-7-5-6(1-2-8(7)13)11-16-10(17-18-11)9-14-3-4-15-9/h1-5H,13H2,(H,14,15). The van der Waals surface area contributed by atoms with Gasteiger partial charge in [-0.2, -0.15) is 4.98 Å². The molecule has 0 atom stereocenters. The van der Waals surface area contributed by atoms with Gasteiger partial charge in [-0.1, -0.05) is 5.16 Å². The molecule has 3 N–H and O–H groups in total. The highest BCUT2D eigenvalue weighted by molar-refractivity contribution is 5.59. The highest BCUT2D eigenvalue weighted by Crippen LogP contribution is 2.23. The number of hydrogen-bond donors (Lipinski definition) is 2. The largest absolute Gasteiger partial charge is 0.396 e. The third kappa shape index (κ3) is 1.71. The minimum atomic E-state index is -0.523. The van der Waals surface area contributed by atoms with Crippen molar-refractivity contribution < 1.29 is 8.91 Å². The van der Waals surface area contributed by atoms with E-state index in [1.165, 1.54) is 12.1 Å². The number of imidazole rings is 1. The maximum absolute atomic E-state index is 13.3. The summed E-state index contributed by atoms with van der Waals surface area (Å²) in [5, 5.41) is 3.75. The summed E-state index contributed by atoms with van der Waals surface area (Å²) in [5.41, 5.74) is 5.93. The van der Waals surface area contributed by atoms with Gasteiger partial charge in [-0.3, -0.25) is 0 Å². The van der Waals surface area contributed by atoms with E-state index in [1.54, 1.807) is 18.5 Å². The van der Waals surface area contributed by atoms with Gasteiger partial charge < -0.3 is 15.2 Å². The number of rotatable bonds is 2. The lowest BCUT2D eigenvalue weighted by Gasteiger charge is -1.97. The third-order valence-electron chi connectivity index (χ3n) is 2.38. The fourth-order valence-electron chi connectivity index (χ4n) is 1.48. The van der Waals surface area contributed by atoms with Crippen molar-refractivity contribution in [1.29, 1.82) is 0 Å². The van der Waals surface area contributed by atoms with Crippen LogP contribution in [0.1, 0.15) is 0 Å². The summed E-state index contributed by atoms with van der Waals surface area (Å²) >= 11 is 0. The number of nitrogens with one attached hydrogen (secondary N) is 1. The number of aromatic nitrogens is 4. The molecule has 90 valence electrons. The molecular weight excluding hydrogens is 237 g/mol. The Kier molecular flexibility index (Phi) is 2.30. The van der Waals surface area contributed by atoms with E-state index in [0.29, 0.717) is 17.2 Å². The second-order valence-electron chi connectivity index (χ2n) is 3.60. The van der Waals surface area contributed by atoms with Gasteiger partial charge in [0.1, 0.15) is 5.82 Å². The quantitative estimate of drug-likeness (QED) is 0.672. The summed E-state index contributed by atoms with van der Waals surface area (Å²) in [4.78, 5) is 11.0. The van der Waals surface area contributed by atoms with Crippen molar-refractivity contribution in [3.8, 4) is 23.1 Å². The molecule has 2 heterocycles. The first-order valence-corrected chi connectivity index (χ1v) is 5.13. The lowest BCUT2D eigenvalue weighted by Crippen LogP contribution is -1.90. The van der Waals surface area contributed by atoms with Crippen LogP contribution in [0.5, 0.6) is 0 Å². The van der Waals surface area contributed by atoms with E-state index in [1.807, 2.05) is 0 Å². The van der Waals surface area contributed by atoms with Crippen molar-refractivity contribution in [3.63, 3.8) is 0 Å². The number of aromatic amines is 1. The molecule has 0 aliphatic carbocycles. The Bertz CT molecular complexity index is 677. The average Bonchev–Trinajstić information content (AvgIpc) is 3.01. The summed E-state index contributed by atoms with van der Waals surface area (Å²) in [6.07, 6.45) is 3.22. The fourth-order valence-corrected chi connectivity index (χ4v) is 1.48. The molecular formula is C11H8FN5O. The first-order valence-electron chi connectivity index (χ1n) is 5.13. The normalized spacial score (nSPS) is 10.7. The molecule has 3 rings (SSSR count). The Morgan fingerprint density at radius 3 is 2.94 bits per heavy atom. The van der Waals surface area contributed by atoms with Crippen LogP contribution in [-0.4, -0.2) is 20.1 Å². The second kappa shape index (κ2) is 3.95. The minimum absolute atomic E-state index is 0.0736. The Morgan fingerprint density at radius 2 is 2.22 bits per heavy atom. The zero-order valence-corrected chi connectivity index (χ0v) is 9.09. The van der Waals surface area contributed by atoms with E-state index in [2.05, 4.69) is 20.1 Å². The van der Waals surface area contributed by atoms with E-state index < -0.39 is 5.82 Å². The molecule has 6 nitrogen and oxygen atoms in total. The van der Waals surface area contributed by atoms with Crippen LogP contribution >= 0.6 is 0 Å². The van der Waals surface area contributed by atoms with E-state index in [9.17, 15) is 4.39 Å². The van der Waals surface area contributed by atoms with Crippen molar-refractivity contribution in [2.24, 2.45) is 0 Å². The maximum atomic E-state index is 13.3. The lowest BCUT2D eigenvalue weighted by molar-refractivity contribution is 0.431. The second-order valence-corrected chi connectivity index (χ2v) is 3.60. The Balaban J connectivity index is 2.00. The van der Waals surface area contributed by atoms with Gasteiger partial charge in [0.15, 0.2) is 5.82 Å². The van der Waals surface area contributed by atoms with Crippen molar-refractivity contribution in [3.05, 3.63) is 36.4 Å². The smallest absolute Gasteiger partial charge is 0.258 e. The Hall–Kier alpha value is -2.70. The molecule has 1 aromatic carbocycles. The fraction of sp³-hybridized carbons (Fsp3) is 0. The van der Waals surface area contributed by atoms with Crippen molar-refractivity contribution in [2.45, 2.75) is 0 Å². The zero-order chi connectivity index (χ0) is 12.5. The maximum Gasteiger partial charge on any atom is 0.258 e. The molecule has 7 heteroatoms. The summed E-state index contributed by atoms with van der Waals surface area (Å²) in [7, 11) is 0. The number of hydrogen-bond acceptors (Lipinski definition) is 5. The molecule has 0 bridgehead atoms.